The van der Waals surface area contributed by atoms with Crippen LogP contribution >= 0.6 is 0 Å². The van der Waals surface area contributed by atoms with Gasteiger partial charge >= 0.3 is 5.97 Å². The van der Waals surface area contributed by atoms with Crippen molar-refractivity contribution < 1.29 is 19.8 Å². The summed E-state index contributed by atoms with van der Waals surface area (Å²) in [6, 6.07) is 0. The monoisotopic (exact) mass is 269 g/mol. The van der Waals surface area contributed by atoms with Gasteiger partial charge in [-0.3, -0.25) is 9.59 Å². The molecule has 1 aliphatic carbocycles. The quantitative estimate of drug-likeness (QED) is 0.808. The van der Waals surface area contributed by atoms with Crippen molar-refractivity contribution in [2.24, 2.45) is 11.3 Å². The molecule has 0 radical (unpaired) electrons. The predicted molar refractivity (Wildman–Crippen MR) is 69.5 cm³/mol. The van der Waals surface area contributed by atoms with Crippen LogP contribution in [-0.2, 0) is 9.59 Å². The van der Waals surface area contributed by atoms with Gasteiger partial charge in [0.05, 0.1) is 11.5 Å². The number of likely N-dealkylation sites (tertiary alicyclic amines) is 1. The molecule has 1 aliphatic heterocycles. The Bertz CT molecular complexity index is 381. The molecule has 2 fully saturated rings. The lowest BCUT2D eigenvalue weighted by molar-refractivity contribution is -0.141. The number of hydrogen-bond donors (Lipinski definition) is 2. The van der Waals surface area contributed by atoms with Crippen LogP contribution in [0.25, 0.3) is 0 Å². The normalized spacial score (nSPS) is 29.5. The molecule has 0 spiro atoms. The molecule has 2 aliphatic rings. The summed E-state index contributed by atoms with van der Waals surface area (Å²) < 4.78 is 0. The van der Waals surface area contributed by atoms with Crippen LogP contribution in [0.4, 0.5) is 0 Å². The van der Waals surface area contributed by atoms with E-state index in [4.69, 9.17) is 5.11 Å². The van der Waals surface area contributed by atoms with Crippen molar-refractivity contribution in [3.8, 4) is 0 Å². The van der Waals surface area contributed by atoms with E-state index in [1.165, 1.54) is 4.90 Å². The number of aliphatic carboxylic acids is 1. The molecule has 5 nitrogen and oxygen atoms in total. The van der Waals surface area contributed by atoms with Gasteiger partial charge in [0.25, 0.3) is 0 Å². The highest BCUT2D eigenvalue weighted by molar-refractivity contribution is 5.86. The molecule has 19 heavy (non-hydrogen) atoms. The molecule has 0 bridgehead atoms. The average Bonchev–Trinajstić information content (AvgIpc) is 2.66. The van der Waals surface area contributed by atoms with Gasteiger partial charge in [0.2, 0.25) is 5.91 Å². The number of carboxylic acids is 1. The van der Waals surface area contributed by atoms with E-state index in [1.54, 1.807) is 0 Å². The zero-order valence-corrected chi connectivity index (χ0v) is 11.7. The second kappa shape index (κ2) is 4.78. The number of β-amino-alcohol motifs (C(OH)–C–C–N with tert-alkyl or cyclic N) is 1. The standard InChI is InChI=1S/C14H23NO4/c1-13(2)3-5-14(19,6-4-13)9-15-8-10(12(17)18)7-11(15)16/h10,19H,3-9H2,1-2H3,(H,17,18). The highest BCUT2D eigenvalue weighted by Gasteiger charge is 2.42. The minimum Gasteiger partial charge on any atom is -0.481 e. The summed E-state index contributed by atoms with van der Waals surface area (Å²) in [7, 11) is 0. The summed E-state index contributed by atoms with van der Waals surface area (Å²) >= 11 is 0. The van der Waals surface area contributed by atoms with Crippen LogP contribution in [0.3, 0.4) is 0 Å². The molecular formula is C14H23NO4. The fourth-order valence-corrected chi connectivity index (χ4v) is 3.00. The lowest BCUT2D eigenvalue weighted by atomic mass is 9.71. The van der Waals surface area contributed by atoms with Gasteiger partial charge in [0.15, 0.2) is 0 Å². The van der Waals surface area contributed by atoms with Crippen molar-refractivity contribution in [3.05, 3.63) is 0 Å². The van der Waals surface area contributed by atoms with Gasteiger partial charge in [-0.1, -0.05) is 13.8 Å². The average molecular weight is 269 g/mol. The molecule has 5 heteroatoms. The minimum absolute atomic E-state index is 0.0664. The number of carboxylic acid groups (broad SMARTS) is 1. The van der Waals surface area contributed by atoms with Gasteiger partial charge in [-0.05, 0) is 31.1 Å². The third-order valence-corrected chi connectivity index (χ3v) is 4.58. The van der Waals surface area contributed by atoms with Crippen LogP contribution in [0, 0.1) is 11.3 Å². The Hall–Kier alpha value is -1.10. The number of carbonyl (C=O) groups excluding carboxylic acids is 1. The van der Waals surface area contributed by atoms with Crippen molar-refractivity contribution >= 4 is 11.9 Å². The van der Waals surface area contributed by atoms with E-state index in [2.05, 4.69) is 13.8 Å². The minimum atomic E-state index is -0.924. The van der Waals surface area contributed by atoms with Crippen molar-refractivity contribution in [2.45, 2.75) is 51.6 Å². The smallest absolute Gasteiger partial charge is 0.308 e. The molecular weight excluding hydrogens is 246 g/mol. The molecule has 1 amide bonds. The zero-order chi connectivity index (χ0) is 14.3. The number of rotatable bonds is 3. The molecule has 1 heterocycles. The van der Waals surface area contributed by atoms with Gasteiger partial charge < -0.3 is 15.1 Å². The number of carbonyl (C=O) groups is 2. The highest BCUT2D eigenvalue weighted by Crippen LogP contribution is 2.40. The third kappa shape index (κ3) is 3.26. The molecule has 0 aromatic heterocycles. The van der Waals surface area contributed by atoms with Crippen LogP contribution < -0.4 is 0 Å². The second-order valence-corrected chi connectivity index (χ2v) is 6.90. The summed E-state index contributed by atoms with van der Waals surface area (Å²) in [5.41, 5.74) is -0.580. The summed E-state index contributed by atoms with van der Waals surface area (Å²) in [4.78, 5) is 24.2. The fourth-order valence-electron chi connectivity index (χ4n) is 3.00. The van der Waals surface area contributed by atoms with Crippen molar-refractivity contribution in [2.75, 3.05) is 13.1 Å². The van der Waals surface area contributed by atoms with Gasteiger partial charge in [-0.15, -0.1) is 0 Å². The Morgan fingerprint density at radius 2 is 1.89 bits per heavy atom. The number of aliphatic hydroxyl groups is 1. The van der Waals surface area contributed by atoms with Crippen LogP contribution in [0.5, 0.6) is 0 Å². The second-order valence-electron chi connectivity index (χ2n) is 6.90. The maximum atomic E-state index is 11.8. The maximum Gasteiger partial charge on any atom is 0.308 e. The molecule has 0 aromatic carbocycles. The van der Waals surface area contributed by atoms with E-state index < -0.39 is 17.5 Å². The first-order valence-corrected chi connectivity index (χ1v) is 6.94. The fraction of sp³-hybridized carbons (Fsp3) is 0.857. The van der Waals surface area contributed by atoms with E-state index in [-0.39, 0.29) is 30.8 Å². The highest BCUT2D eigenvalue weighted by atomic mass is 16.4. The van der Waals surface area contributed by atoms with Gasteiger partial charge in [0.1, 0.15) is 0 Å². The lowest BCUT2D eigenvalue weighted by Crippen LogP contribution is -2.47. The summed E-state index contributed by atoms with van der Waals surface area (Å²) in [6.45, 7) is 4.90. The summed E-state index contributed by atoms with van der Waals surface area (Å²) in [5.74, 6) is -1.69. The van der Waals surface area contributed by atoms with Crippen LogP contribution in [0.1, 0.15) is 46.0 Å². The first kappa shape index (κ1) is 14.3. The Kier molecular flexibility index (Phi) is 3.60. The van der Waals surface area contributed by atoms with Crippen LogP contribution in [-0.4, -0.2) is 45.7 Å². The molecule has 108 valence electrons. The number of hydrogen-bond acceptors (Lipinski definition) is 3. The molecule has 0 aromatic rings. The first-order chi connectivity index (χ1) is 8.71. The van der Waals surface area contributed by atoms with Gasteiger partial charge in [0, 0.05) is 19.5 Å². The third-order valence-electron chi connectivity index (χ3n) is 4.58. The maximum absolute atomic E-state index is 11.8. The van der Waals surface area contributed by atoms with Gasteiger partial charge in [-0.2, -0.15) is 0 Å². The molecule has 2 rings (SSSR count). The van der Waals surface area contributed by atoms with E-state index in [9.17, 15) is 14.7 Å². The Balaban J connectivity index is 1.94. The zero-order valence-electron chi connectivity index (χ0n) is 11.7. The largest absolute Gasteiger partial charge is 0.481 e. The molecule has 1 atom stereocenters. The lowest BCUT2D eigenvalue weighted by Gasteiger charge is -2.41. The van der Waals surface area contributed by atoms with Crippen molar-refractivity contribution in [1.29, 1.82) is 0 Å². The number of amides is 1. The molecule has 1 saturated carbocycles. The Morgan fingerprint density at radius 3 is 2.37 bits per heavy atom. The van der Waals surface area contributed by atoms with Gasteiger partial charge in [-0.25, -0.2) is 0 Å². The van der Waals surface area contributed by atoms with E-state index in [0.29, 0.717) is 12.8 Å². The van der Waals surface area contributed by atoms with E-state index in [0.717, 1.165) is 12.8 Å². The van der Waals surface area contributed by atoms with Crippen LogP contribution in [0.15, 0.2) is 0 Å². The predicted octanol–water partition coefficient (Wildman–Crippen LogP) is 1.25. The van der Waals surface area contributed by atoms with Crippen molar-refractivity contribution in [3.63, 3.8) is 0 Å². The topological polar surface area (TPSA) is 77.8 Å². The van der Waals surface area contributed by atoms with E-state index in [1.807, 2.05) is 0 Å². The first-order valence-electron chi connectivity index (χ1n) is 6.94. The van der Waals surface area contributed by atoms with Crippen molar-refractivity contribution in [1.82, 2.24) is 4.90 Å². The van der Waals surface area contributed by atoms with E-state index >= 15 is 0 Å². The Morgan fingerprint density at radius 1 is 1.32 bits per heavy atom. The molecule has 2 N–H and O–H groups in total. The summed E-state index contributed by atoms with van der Waals surface area (Å²) in [5, 5.41) is 19.5. The molecule has 1 unspecified atom stereocenters. The van der Waals surface area contributed by atoms with Crippen LogP contribution in [0.2, 0.25) is 0 Å². The molecule has 1 saturated heterocycles. The SMILES string of the molecule is CC1(C)CCC(O)(CN2CC(C(=O)O)CC2=O)CC1. The Labute approximate surface area is 113 Å². The summed E-state index contributed by atoms with van der Waals surface area (Å²) in [6.07, 6.45) is 3.31. The number of nitrogens with zero attached hydrogens (tertiary/aromatic N) is 1.